The summed E-state index contributed by atoms with van der Waals surface area (Å²) in [6, 6.07) is 11.4. The van der Waals surface area contributed by atoms with Gasteiger partial charge in [0.25, 0.3) is 0 Å². The van der Waals surface area contributed by atoms with Crippen LogP contribution in [0.15, 0.2) is 56.5 Å². The van der Waals surface area contributed by atoms with E-state index in [0.717, 1.165) is 16.9 Å². The van der Waals surface area contributed by atoms with Crippen LogP contribution in [0.25, 0.3) is 11.1 Å². The number of thiophene rings is 1. The summed E-state index contributed by atoms with van der Waals surface area (Å²) in [5, 5.41) is 17.7. The summed E-state index contributed by atoms with van der Waals surface area (Å²) in [4.78, 5) is 33.5. The molecular formula is C28H30F3N3O8S4. The van der Waals surface area contributed by atoms with Gasteiger partial charge in [-0.1, -0.05) is 12.1 Å². The molecule has 0 saturated heterocycles. The number of anilines is 1. The Morgan fingerprint density at radius 3 is 2.33 bits per heavy atom. The molecule has 0 atom stereocenters. The van der Waals surface area contributed by atoms with Crippen LogP contribution in [0.4, 0.5) is 18.9 Å². The lowest BCUT2D eigenvalue weighted by Gasteiger charge is -2.17. The van der Waals surface area contributed by atoms with Crippen molar-refractivity contribution in [3.63, 3.8) is 0 Å². The molecule has 0 aliphatic rings. The van der Waals surface area contributed by atoms with Crippen molar-refractivity contribution in [2.75, 3.05) is 37.3 Å². The van der Waals surface area contributed by atoms with Crippen molar-refractivity contribution in [2.45, 2.75) is 33.5 Å². The van der Waals surface area contributed by atoms with Gasteiger partial charge < -0.3 is 25.6 Å². The number of amides is 1. The van der Waals surface area contributed by atoms with Gasteiger partial charge in [0.2, 0.25) is 15.7 Å². The van der Waals surface area contributed by atoms with Crippen molar-refractivity contribution < 1.29 is 50.6 Å². The number of nitrogens with two attached hydrogens (primary N) is 1. The van der Waals surface area contributed by atoms with E-state index in [9.17, 15) is 31.2 Å². The van der Waals surface area contributed by atoms with Crippen LogP contribution in [-0.4, -0.2) is 75.4 Å². The highest BCUT2D eigenvalue weighted by Gasteiger charge is 2.38. The lowest BCUT2D eigenvalue weighted by atomic mass is 9.98. The summed E-state index contributed by atoms with van der Waals surface area (Å²) in [7, 11) is -1.09. The molecule has 0 saturated carbocycles. The number of benzene rings is 2. The van der Waals surface area contributed by atoms with Crippen molar-refractivity contribution in [3.05, 3.63) is 52.9 Å². The number of hydrogen-bond acceptors (Lipinski definition) is 11. The molecule has 0 radical (unpaired) electrons. The number of carbonyl (C=O) groups is 3. The van der Waals surface area contributed by atoms with Crippen LogP contribution in [0, 0.1) is 12.3 Å². The number of rotatable bonds is 12. The number of nitrogens with one attached hydrogen (secondary N) is 2. The highest BCUT2D eigenvalue weighted by Crippen LogP contribution is 2.40. The zero-order valence-corrected chi connectivity index (χ0v) is 28.1. The molecule has 0 aliphatic heterocycles. The molecule has 0 fully saturated rings. The Labute approximate surface area is 275 Å². The van der Waals surface area contributed by atoms with Crippen LogP contribution in [0.3, 0.4) is 0 Å². The average Bonchev–Trinajstić information content (AvgIpc) is 3.45. The third-order valence-electron chi connectivity index (χ3n) is 5.81. The Hall–Kier alpha value is -3.74. The predicted octanol–water partition coefficient (Wildman–Crippen LogP) is 5.44. The van der Waals surface area contributed by atoms with Gasteiger partial charge in [0.1, 0.15) is 11.6 Å². The van der Waals surface area contributed by atoms with Gasteiger partial charge in [-0.05, 0) is 48.6 Å². The molecule has 3 aromatic rings. The van der Waals surface area contributed by atoms with Crippen molar-refractivity contribution in [1.82, 2.24) is 0 Å². The van der Waals surface area contributed by atoms with Gasteiger partial charge in [-0.15, -0.1) is 23.1 Å². The summed E-state index contributed by atoms with van der Waals surface area (Å²) in [6.07, 6.45) is -3.11. The molecule has 0 bridgehead atoms. The van der Waals surface area contributed by atoms with Crippen LogP contribution < -0.4 is 15.8 Å². The first kappa shape index (κ1) is 38.4. The number of carboxylic acid groups (broad SMARTS) is 1. The number of carboxylic acids is 1. The van der Waals surface area contributed by atoms with E-state index in [0.29, 0.717) is 37.4 Å². The number of esters is 1. The minimum absolute atomic E-state index is 0.0778. The zero-order chi connectivity index (χ0) is 34.8. The molecular weight excluding hydrogens is 692 g/mol. The summed E-state index contributed by atoms with van der Waals surface area (Å²) < 4.78 is 69.6. The highest BCUT2D eigenvalue weighted by atomic mass is 32.2. The highest BCUT2D eigenvalue weighted by molar-refractivity contribution is 8.01. The Morgan fingerprint density at radius 1 is 1.13 bits per heavy atom. The molecule has 250 valence electrons. The van der Waals surface area contributed by atoms with E-state index in [-0.39, 0.29) is 39.7 Å². The number of amidine groups is 1. The monoisotopic (exact) mass is 721 g/mol. The van der Waals surface area contributed by atoms with E-state index in [1.165, 1.54) is 49.9 Å². The van der Waals surface area contributed by atoms with E-state index in [4.69, 9.17) is 25.8 Å². The first-order chi connectivity index (χ1) is 21.5. The van der Waals surface area contributed by atoms with E-state index in [1.54, 1.807) is 36.6 Å². The fourth-order valence-corrected chi connectivity index (χ4v) is 8.34. The number of alkyl halides is 3. The second kappa shape index (κ2) is 16.7. The van der Waals surface area contributed by atoms with Crippen LogP contribution in [0.1, 0.15) is 16.9 Å². The minimum atomic E-state index is -5.08. The lowest BCUT2D eigenvalue weighted by molar-refractivity contribution is -0.192. The smallest absolute Gasteiger partial charge is 0.490 e. The molecule has 0 aliphatic carbocycles. The Bertz CT molecular complexity index is 1710. The molecule has 11 nitrogen and oxygen atoms in total. The van der Waals surface area contributed by atoms with Gasteiger partial charge in [0.15, 0.2) is 0 Å². The molecule has 2 aromatic carbocycles. The van der Waals surface area contributed by atoms with Crippen LogP contribution in [-0.2, 0) is 29.0 Å². The molecule has 1 heterocycles. The third kappa shape index (κ3) is 10.4. The normalized spacial score (nSPS) is 11.2. The third-order valence-corrected chi connectivity index (χ3v) is 11.1. The number of halogens is 3. The number of methoxy groups -OCH3 is 2. The second-order valence-corrected chi connectivity index (χ2v) is 14.2. The number of aliphatic carboxylic acids is 1. The molecule has 0 spiro atoms. The topological polar surface area (TPSA) is 186 Å². The Balaban J connectivity index is 0.000000942. The van der Waals surface area contributed by atoms with Crippen LogP contribution >= 0.6 is 34.9 Å². The largest absolute Gasteiger partial charge is 0.497 e. The standard InChI is InChI=1S/C26H29N3O6S4.C2HF3O2/c1-15-10-17(34-2)12-19(29-22(30)14-37-9-8-23(31)35-3)24(15)16-6-5-7-18(11-16)39(32,33)21-13-20(25(27)28)38-26(21)36-4;3-2(4,5)1(6)7/h5-7,10-13H,8-9,14H2,1-4H3,(H3,27,28)(H,29,30);(H,6,7). The van der Waals surface area contributed by atoms with Crippen molar-refractivity contribution in [1.29, 1.82) is 5.41 Å². The fraction of sp³-hybridized carbons (Fsp3) is 0.286. The SMILES string of the molecule is COC(=O)CCSCC(=O)Nc1cc(OC)cc(C)c1-c1cccc(S(=O)(=O)c2cc(C(=N)N)sc2SC)c1.O=C(O)C(F)(F)F. The average molecular weight is 722 g/mol. The van der Waals surface area contributed by atoms with Gasteiger partial charge in [0.05, 0.1) is 51.0 Å². The number of carbonyl (C=O) groups excluding carboxylic acids is 2. The summed E-state index contributed by atoms with van der Waals surface area (Å²) in [5.41, 5.74) is 8.10. The van der Waals surface area contributed by atoms with Crippen molar-refractivity contribution >= 4 is 74.1 Å². The maximum Gasteiger partial charge on any atom is 0.490 e. The quantitative estimate of drug-likeness (QED) is 0.0614. The van der Waals surface area contributed by atoms with Gasteiger partial charge in [0, 0.05) is 17.4 Å². The molecule has 1 amide bonds. The van der Waals surface area contributed by atoms with E-state index < -0.39 is 22.0 Å². The Morgan fingerprint density at radius 2 is 1.78 bits per heavy atom. The molecule has 1 aromatic heterocycles. The summed E-state index contributed by atoms with van der Waals surface area (Å²) in [6.45, 7) is 1.85. The Kier molecular flexibility index (Phi) is 14.0. The first-order valence-corrected chi connectivity index (χ1v) is 17.4. The lowest BCUT2D eigenvalue weighted by Crippen LogP contribution is -2.21. The number of hydrogen-bond donors (Lipinski definition) is 4. The second-order valence-electron chi connectivity index (χ2n) is 9.01. The van der Waals surface area contributed by atoms with E-state index in [1.807, 2.05) is 6.92 Å². The van der Waals surface area contributed by atoms with Gasteiger partial charge >= 0.3 is 18.1 Å². The molecule has 18 heteroatoms. The fourth-order valence-electron chi connectivity index (χ4n) is 3.73. The van der Waals surface area contributed by atoms with Gasteiger partial charge in [-0.2, -0.15) is 24.9 Å². The molecule has 0 unspecified atom stereocenters. The van der Waals surface area contributed by atoms with E-state index >= 15 is 0 Å². The number of ether oxygens (including phenoxy) is 2. The predicted molar refractivity (Wildman–Crippen MR) is 172 cm³/mol. The summed E-state index contributed by atoms with van der Waals surface area (Å²) >= 11 is 3.74. The minimum Gasteiger partial charge on any atom is -0.497 e. The van der Waals surface area contributed by atoms with E-state index in [2.05, 4.69) is 10.1 Å². The van der Waals surface area contributed by atoms with Gasteiger partial charge in [-0.3, -0.25) is 15.0 Å². The van der Waals surface area contributed by atoms with Gasteiger partial charge in [-0.25, -0.2) is 13.2 Å². The first-order valence-electron chi connectivity index (χ1n) is 12.8. The summed E-state index contributed by atoms with van der Waals surface area (Å²) in [5.74, 6) is -2.47. The molecule has 46 heavy (non-hydrogen) atoms. The molecule has 5 N–H and O–H groups in total. The maximum atomic E-state index is 13.7. The molecule has 3 rings (SSSR count). The van der Waals surface area contributed by atoms with Crippen LogP contribution in [0.5, 0.6) is 5.75 Å². The number of thioether (sulfide) groups is 2. The number of aryl methyl sites for hydroxylation is 1. The zero-order valence-electron chi connectivity index (χ0n) is 24.8. The number of sulfone groups is 1. The number of nitrogen functional groups attached to an aromatic ring is 1. The van der Waals surface area contributed by atoms with Crippen molar-refractivity contribution in [3.8, 4) is 16.9 Å². The van der Waals surface area contributed by atoms with Crippen LogP contribution in [0.2, 0.25) is 0 Å². The van der Waals surface area contributed by atoms with Crippen molar-refractivity contribution in [2.24, 2.45) is 5.73 Å². The maximum absolute atomic E-state index is 13.7.